The monoisotopic (exact) mass is 203 g/mol. The van der Waals surface area contributed by atoms with Crippen LogP contribution in [0.3, 0.4) is 0 Å². The zero-order valence-corrected chi connectivity index (χ0v) is 8.08. The fourth-order valence-electron chi connectivity index (χ4n) is 1.31. The van der Waals surface area contributed by atoms with Gasteiger partial charge in [-0.1, -0.05) is 30.3 Å². The number of benzene rings is 1. The lowest BCUT2D eigenvalue weighted by molar-refractivity contribution is -0.254. The molecular formula is C11H7O2S-. The first-order valence-electron chi connectivity index (χ1n) is 4.13. The van der Waals surface area contributed by atoms with Crippen LogP contribution in [0, 0.1) is 0 Å². The first-order valence-corrected chi connectivity index (χ1v) is 5.01. The SMILES string of the molecule is O=C([O-])c1sccc1-c1ccccc1. The molecule has 0 aliphatic heterocycles. The highest BCUT2D eigenvalue weighted by molar-refractivity contribution is 7.12. The highest BCUT2D eigenvalue weighted by Gasteiger charge is 2.06. The normalized spacial score (nSPS) is 10.0. The molecule has 0 N–H and O–H groups in total. The van der Waals surface area contributed by atoms with Crippen LogP contribution >= 0.6 is 11.3 Å². The Balaban J connectivity index is 2.52. The van der Waals surface area contributed by atoms with Gasteiger partial charge in [-0.05, 0) is 17.0 Å². The van der Waals surface area contributed by atoms with Crippen molar-refractivity contribution in [2.45, 2.75) is 0 Å². The average Bonchev–Trinajstić information content (AvgIpc) is 2.67. The van der Waals surface area contributed by atoms with Crippen LogP contribution in [0.1, 0.15) is 9.67 Å². The van der Waals surface area contributed by atoms with Crippen LogP contribution in [0.5, 0.6) is 0 Å². The molecule has 2 aromatic rings. The first-order chi connectivity index (χ1) is 6.79. The summed E-state index contributed by atoms with van der Waals surface area (Å²) in [5, 5.41) is 12.5. The number of carbonyl (C=O) groups excluding carboxylic acids is 1. The van der Waals surface area contributed by atoms with Crippen molar-refractivity contribution in [2.75, 3.05) is 0 Å². The maximum atomic E-state index is 10.8. The van der Waals surface area contributed by atoms with Gasteiger partial charge in [0.05, 0.1) is 10.8 Å². The van der Waals surface area contributed by atoms with Gasteiger partial charge in [-0.3, -0.25) is 0 Å². The molecule has 0 saturated carbocycles. The summed E-state index contributed by atoms with van der Waals surface area (Å²) in [6, 6.07) is 11.2. The van der Waals surface area contributed by atoms with E-state index in [-0.39, 0.29) is 4.88 Å². The van der Waals surface area contributed by atoms with E-state index in [4.69, 9.17) is 0 Å². The van der Waals surface area contributed by atoms with Crippen molar-refractivity contribution in [3.63, 3.8) is 0 Å². The Labute approximate surface area is 85.4 Å². The molecule has 1 aromatic heterocycles. The van der Waals surface area contributed by atoms with E-state index in [1.165, 1.54) is 11.3 Å². The Morgan fingerprint density at radius 1 is 1.14 bits per heavy atom. The van der Waals surface area contributed by atoms with E-state index < -0.39 is 5.97 Å². The van der Waals surface area contributed by atoms with Gasteiger partial charge in [0.25, 0.3) is 0 Å². The summed E-state index contributed by atoms with van der Waals surface area (Å²) in [6.45, 7) is 0. The van der Waals surface area contributed by atoms with E-state index in [9.17, 15) is 9.90 Å². The fraction of sp³-hybridized carbons (Fsp3) is 0. The molecule has 0 spiro atoms. The molecule has 0 saturated heterocycles. The molecule has 0 bridgehead atoms. The molecule has 1 aromatic carbocycles. The lowest BCUT2D eigenvalue weighted by atomic mass is 10.1. The van der Waals surface area contributed by atoms with Crippen molar-refractivity contribution < 1.29 is 9.90 Å². The highest BCUT2D eigenvalue weighted by Crippen LogP contribution is 2.27. The maximum Gasteiger partial charge on any atom is 0.0821 e. The van der Waals surface area contributed by atoms with Gasteiger partial charge in [-0.15, -0.1) is 11.3 Å². The van der Waals surface area contributed by atoms with Gasteiger partial charge in [-0.2, -0.15) is 0 Å². The molecule has 2 rings (SSSR count). The molecule has 0 aliphatic carbocycles. The topological polar surface area (TPSA) is 40.1 Å². The van der Waals surface area contributed by atoms with Crippen LogP contribution in [-0.2, 0) is 0 Å². The number of hydrogen-bond donors (Lipinski definition) is 0. The van der Waals surface area contributed by atoms with Gasteiger partial charge in [0.1, 0.15) is 0 Å². The third-order valence-electron chi connectivity index (χ3n) is 1.94. The molecule has 0 unspecified atom stereocenters. The van der Waals surface area contributed by atoms with E-state index >= 15 is 0 Å². The Morgan fingerprint density at radius 3 is 2.50 bits per heavy atom. The van der Waals surface area contributed by atoms with Crippen LogP contribution < -0.4 is 5.11 Å². The minimum atomic E-state index is -1.11. The van der Waals surface area contributed by atoms with E-state index in [0.29, 0.717) is 0 Å². The van der Waals surface area contributed by atoms with Crippen molar-refractivity contribution in [3.05, 3.63) is 46.7 Å². The Bertz CT molecular complexity index is 445. The third kappa shape index (κ3) is 1.54. The van der Waals surface area contributed by atoms with Crippen LogP contribution in [-0.4, -0.2) is 5.97 Å². The summed E-state index contributed by atoms with van der Waals surface area (Å²) in [6.07, 6.45) is 0. The number of rotatable bonds is 2. The molecule has 70 valence electrons. The summed E-state index contributed by atoms with van der Waals surface area (Å²) in [5.41, 5.74) is 1.64. The number of aromatic carboxylic acids is 1. The van der Waals surface area contributed by atoms with Gasteiger partial charge < -0.3 is 9.90 Å². The summed E-state index contributed by atoms with van der Waals surface area (Å²) < 4.78 is 0. The first kappa shape index (κ1) is 8.97. The van der Waals surface area contributed by atoms with Gasteiger partial charge in [-0.25, -0.2) is 0 Å². The molecule has 3 heteroatoms. The number of carboxylic acids is 1. The van der Waals surface area contributed by atoms with Gasteiger partial charge in [0, 0.05) is 5.56 Å². The zero-order valence-electron chi connectivity index (χ0n) is 7.27. The molecule has 0 aliphatic rings. The molecule has 0 atom stereocenters. The molecule has 1 heterocycles. The molecule has 0 fully saturated rings. The van der Waals surface area contributed by atoms with Crippen molar-refractivity contribution in [1.82, 2.24) is 0 Å². The van der Waals surface area contributed by atoms with E-state index in [1.54, 1.807) is 11.4 Å². The molecule has 0 amide bonds. The lowest BCUT2D eigenvalue weighted by Crippen LogP contribution is -2.21. The summed E-state index contributed by atoms with van der Waals surface area (Å²) in [4.78, 5) is 11.0. The van der Waals surface area contributed by atoms with Gasteiger partial charge in [0.2, 0.25) is 0 Å². The third-order valence-corrected chi connectivity index (χ3v) is 2.83. The van der Waals surface area contributed by atoms with Crippen LogP contribution in [0.15, 0.2) is 41.8 Å². The van der Waals surface area contributed by atoms with Crippen molar-refractivity contribution in [3.8, 4) is 11.1 Å². The predicted molar refractivity (Wildman–Crippen MR) is 54.1 cm³/mol. The number of hydrogen-bond acceptors (Lipinski definition) is 3. The van der Waals surface area contributed by atoms with Crippen LogP contribution in [0.25, 0.3) is 11.1 Å². The maximum absolute atomic E-state index is 10.8. The fourth-order valence-corrected chi connectivity index (χ4v) is 2.06. The molecule has 0 radical (unpaired) electrons. The molecular weight excluding hydrogens is 196 g/mol. The number of carbonyl (C=O) groups is 1. The van der Waals surface area contributed by atoms with E-state index in [0.717, 1.165) is 11.1 Å². The minimum Gasteiger partial charge on any atom is -0.544 e. The highest BCUT2D eigenvalue weighted by atomic mass is 32.1. The van der Waals surface area contributed by atoms with Crippen molar-refractivity contribution in [2.24, 2.45) is 0 Å². The van der Waals surface area contributed by atoms with Crippen molar-refractivity contribution >= 4 is 17.3 Å². The summed E-state index contributed by atoms with van der Waals surface area (Å²) >= 11 is 1.19. The second kappa shape index (κ2) is 3.64. The summed E-state index contributed by atoms with van der Waals surface area (Å²) in [7, 11) is 0. The molecule has 14 heavy (non-hydrogen) atoms. The lowest BCUT2D eigenvalue weighted by Gasteiger charge is -2.03. The minimum absolute atomic E-state index is 0.288. The second-order valence-corrected chi connectivity index (χ2v) is 3.73. The quantitative estimate of drug-likeness (QED) is 0.746. The summed E-state index contributed by atoms with van der Waals surface area (Å²) in [5.74, 6) is -1.11. The van der Waals surface area contributed by atoms with E-state index in [2.05, 4.69) is 0 Å². The largest absolute Gasteiger partial charge is 0.544 e. The molecule has 2 nitrogen and oxygen atoms in total. The Kier molecular flexibility index (Phi) is 2.33. The van der Waals surface area contributed by atoms with Gasteiger partial charge >= 0.3 is 0 Å². The van der Waals surface area contributed by atoms with Crippen molar-refractivity contribution in [1.29, 1.82) is 0 Å². The average molecular weight is 203 g/mol. The zero-order chi connectivity index (χ0) is 9.97. The van der Waals surface area contributed by atoms with Crippen LogP contribution in [0.4, 0.5) is 0 Å². The van der Waals surface area contributed by atoms with E-state index in [1.807, 2.05) is 30.3 Å². The van der Waals surface area contributed by atoms with Gasteiger partial charge in [0.15, 0.2) is 0 Å². The Morgan fingerprint density at radius 2 is 1.86 bits per heavy atom. The smallest absolute Gasteiger partial charge is 0.0821 e. The number of thiophene rings is 1. The Hall–Kier alpha value is -1.61. The second-order valence-electron chi connectivity index (χ2n) is 2.82. The standard InChI is InChI=1S/C11H8O2S/c12-11(13)10-9(6-7-14-10)8-4-2-1-3-5-8/h1-7H,(H,12,13)/p-1. The number of carboxylic acid groups (broad SMARTS) is 1. The predicted octanol–water partition coefficient (Wildman–Crippen LogP) is 1.78. The van der Waals surface area contributed by atoms with Crippen LogP contribution in [0.2, 0.25) is 0 Å².